The molecule has 1 aliphatic heterocycles. The summed E-state index contributed by atoms with van der Waals surface area (Å²) in [5.74, 6) is 2.48. The number of aromatic nitrogens is 4. The number of methoxy groups -OCH3 is 1. The van der Waals surface area contributed by atoms with E-state index in [1.165, 1.54) is 0 Å². The van der Waals surface area contributed by atoms with E-state index < -0.39 is 0 Å². The quantitative estimate of drug-likeness (QED) is 0.703. The third-order valence-electron chi connectivity index (χ3n) is 4.81. The van der Waals surface area contributed by atoms with Crippen molar-refractivity contribution in [1.29, 1.82) is 0 Å². The highest BCUT2D eigenvalue weighted by molar-refractivity contribution is 7.10. The summed E-state index contributed by atoms with van der Waals surface area (Å²) in [7, 11) is 1.68. The smallest absolute Gasteiger partial charge is 0.179 e. The summed E-state index contributed by atoms with van der Waals surface area (Å²) in [6.07, 6.45) is 2.80. The molecule has 4 rings (SSSR count). The van der Waals surface area contributed by atoms with Crippen molar-refractivity contribution in [3.05, 3.63) is 45.7 Å². The molecule has 134 valence electrons. The maximum atomic E-state index is 5.40. The first kappa shape index (κ1) is 16.9. The number of aryl methyl sites for hydroxylation is 2. The van der Waals surface area contributed by atoms with E-state index in [4.69, 9.17) is 14.7 Å². The lowest BCUT2D eigenvalue weighted by Crippen LogP contribution is -2.35. The summed E-state index contributed by atoms with van der Waals surface area (Å²) in [4.78, 5) is 21.9. The highest BCUT2D eigenvalue weighted by Crippen LogP contribution is 2.34. The Labute approximate surface area is 156 Å². The molecule has 0 saturated heterocycles. The van der Waals surface area contributed by atoms with E-state index in [1.54, 1.807) is 18.4 Å². The molecule has 0 N–H and O–H groups in total. The number of nitrogens with zero attached hydrogens (tertiary/aromatic N) is 5. The number of anilines is 1. The van der Waals surface area contributed by atoms with Crippen molar-refractivity contribution in [2.45, 2.75) is 33.2 Å². The van der Waals surface area contributed by atoms with Gasteiger partial charge in [0.15, 0.2) is 5.82 Å². The second kappa shape index (κ2) is 6.64. The molecule has 1 unspecified atom stereocenters. The van der Waals surface area contributed by atoms with Gasteiger partial charge < -0.3 is 9.64 Å². The Balaban J connectivity index is 1.68. The van der Waals surface area contributed by atoms with Crippen molar-refractivity contribution in [1.82, 2.24) is 19.9 Å². The second-order valence-electron chi connectivity index (χ2n) is 6.48. The van der Waals surface area contributed by atoms with Crippen molar-refractivity contribution in [2.75, 3.05) is 18.6 Å². The molecule has 0 fully saturated rings. The van der Waals surface area contributed by atoms with Crippen LogP contribution >= 0.6 is 11.3 Å². The van der Waals surface area contributed by atoms with E-state index in [9.17, 15) is 0 Å². The number of pyridine rings is 1. The van der Waals surface area contributed by atoms with Gasteiger partial charge in [-0.15, -0.1) is 11.3 Å². The van der Waals surface area contributed by atoms with Crippen LogP contribution in [0.4, 0.5) is 5.82 Å². The predicted molar refractivity (Wildman–Crippen MR) is 103 cm³/mol. The van der Waals surface area contributed by atoms with Gasteiger partial charge in [-0.1, -0.05) is 0 Å². The molecular formula is C19H21N5OS. The van der Waals surface area contributed by atoms with Crippen LogP contribution in [0.1, 0.15) is 34.8 Å². The zero-order chi connectivity index (χ0) is 18.3. The van der Waals surface area contributed by atoms with Crippen molar-refractivity contribution < 1.29 is 4.74 Å². The van der Waals surface area contributed by atoms with Crippen LogP contribution in [0, 0.1) is 13.8 Å². The molecule has 0 bridgehead atoms. The average molecular weight is 367 g/mol. The van der Waals surface area contributed by atoms with Gasteiger partial charge in [0, 0.05) is 47.4 Å². The maximum Gasteiger partial charge on any atom is 0.179 e. The van der Waals surface area contributed by atoms with Crippen LogP contribution in [0.5, 0.6) is 5.75 Å². The lowest BCUT2D eigenvalue weighted by atomic mass is 9.99. The van der Waals surface area contributed by atoms with Crippen LogP contribution in [-0.2, 0) is 6.42 Å². The molecule has 3 aromatic rings. The van der Waals surface area contributed by atoms with Crippen LogP contribution in [0.15, 0.2) is 23.8 Å². The molecule has 4 heterocycles. The molecule has 0 aliphatic carbocycles. The van der Waals surface area contributed by atoms with Gasteiger partial charge in [0.05, 0.1) is 24.4 Å². The minimum atomic E-state index is 0.156. The first-order chi connectivity index (χ1) is 12.6. The molecule has 0 aromatic carbocycles. The van der Waals surface area contributed by atoms with Crippen LogP contribution in [0.25, 0.3) is 11.5 Å². The van der Waals surface area contributed by atoms with Crippen LogP contribution < -0.4 is 9.64 Å². The fourth-order valence-electron chi connectivity index (χ4n) is 3.40. The van der Waals surface area contributed by atoms with Gasteiger partial charge in [-0.3, -0.25) is 0 Å². The molecule has 0 spiro atoms. The van der Waals surface area contributed by atoms with Crippen molar-refractivity contribution in [2.24, 2.45) is 0 Å². The Morgan fingerprint density at radius 1 is 1.19 bits per heavy atom. The number of thiazole rings is 1. The standard InChI is InChI=1S/C19H21N5OS/c1-11-7-14(25-4)8-17(22-11)24-6-5-16-15(12(24)2)9-20-19(23-16)18-13(3)26-10-21-18/h7-10,12H,5-6H2,1-4H3. The van der Waals surface area contributed by atoms with E-state index >= 15 is 0 Å². The number of ether oxygens (including phenoxy) is 1. The average Bonchev–Trinajstić information content (AvgIpc) is 3.07. The topological polar surface area (TPSA) is 64.0 Å². The highest BCUT2D eigenvalue weighted by Gasteiger charge is 2.27. The third kappa shape index (κ3) is 2.92. The fraction of sp³-hybridized carbons (Fsp3) is 0.368. The maximum absolute atomic E-state index is 5.40. The van der Waals surface area contributed by atoms with E-state index in [-0.39, 0.29) is 6.04 Å². The van der Waals surface area contributed by atoms with Crippen molar-refractivity contribution >= 4 is 17.2 Å². The van der Waals surface area contributed by atoms with Gasteiger partial charge in [-0.05, 0) is 20.8 Å². The molecule has 1 aliphatic rings. The third-order valence-corrected chi connectivity index (χ3v) is 5.56. The summed E-state index contributed by atoms with van der Waals surface area (Å²) < 4.78 is 5.40. The summed E-state index contributed by atoms with van der Waals surface area (Å²) in [6, 6.07) is 4.09. The molecule has 1 atom stereocenters. The van der Waals surface area contributed by atoms with E-state index in [0.29, 0.717) is 0 Å². The molecule has 0 saturated carbocycles. The van der Waals surface area contributed by atoms with E-state index in [0.717, 1.165) is 57.9 Å². The van der Waals surface area contributed by atoms with Gasteiger partial charge in [0.1, 0.15) is 17.3 Å². The summed E-state index contributed by atoms with van der Waals surface area (Å²) >= 11 is 1.62. The zero-order valence-corrected chi connectivity index (χ0v) is 16.2. The molecule has 3 aromatic heterocycles. The van der Waals surface area contributed by atoms with Gasteiger partial charge in [0.2, 0.25) is 0 Å². The lowest BCUT2D eigenvalue weighted by molar-refractivity contribution is 0.413. The van der Waals surface area contributed by atoms with Crippen LogP contribution in [0.3, 0.4) is 0 Å². The Kier molecular flexibility index (Phi) is 4.32. The molecule has 7 heteroatoms. The molecule has 0 amide bonds. The van der Waals surface area contributed by atoms with Gasteiger partial charge in [0.25, 0.3) is 0 Å². The fourth-order valence-corrected chi connectivity index (χ4v) is 3.97. The molecule has 6 nitrogen and oxygen atoms in total. The number of fused-ring (bicyclic) bond motifs is 1. The van der Waals surface area contributed by atoms with E-state index in [1.807, 2.05) is 30.8 Å². The predicted octanol–water partition coefficient (Wildman–Crippen LogP) is 3.74. The minimum Gasteiger partial charge on any atom is -0.497 e. The van der Waals surface area contributed by atoms with Gasteiger partial charge in [-0.25, -0.2) is 19.9 Å². The summed E-state index contributed by atoms with van der Waals surface area (Å²) in [6.45, 7) is 7.07. The Morgan fingerprint density at radius 3 is 2.77 bits per heavy atom. The van der Waals surface area contributed by atoms with Crippen molar-refractivity contribution in [3.8, 4) is 17.3 Å². The normalized spacial score (nSPS) is 16.5. The number of hydrogen-bond donors (Lipinski definition) is 0. The van der Waals surface area contributed by atoms with Gasteiger partial charge >= 0.3 is 0 Å². The lowest BCUT2D eigenvalue weighted by Gasteiger charge is -2.35. The second-order valence-corrected chi connectivity index (χ2v) is 7.54. The minimum absolute atomic E-state index is 0.156. The largest absolute Gasteiger partial charge is 0.497 e. The SMILES string of the molecule is COc1cc(C)nc(N2CCc3nc(-c4ncsc4C)ncc3C2C)c1. The number of rotatable bonds is 3. The first-order valence-electron chi connectivity index (χ1n) is 8.62. The van der Waals surface area contributed by atoms with Crippen molar-refractivity contribution in [3.63, 3.8) is 0 Å². The van der Waals surface area contributed by atoms with E-state index in [2.05, 4.69) is 28.7 Å². The summed E-state index contributed by atoms with van der Waals surface area (Å²) in [5, 5.41) is 0. The monoisotopic (exact) mass is 367 g/mol. The number of hydrogen-bond acceptors (Lipinski definition) is 7. The molecule has 26 heavy (non-hydrogen) atoms. The molecule has 0 radical (unpaired) electrons. The zero-order valence-electron chi connectivity index (χ0n) is 15.4. The Morgan fingerprint density at radius 2 is 2.04 bits per heavy atom. The van der Waals surface area contributed by atoms with Crippen LogP contribution in [0.2, 0.25) is 0 Å². The van der Waals surface area contributed by atoms with Gasteiger partial charge in [-0.2, -0.15) is 0 Å². The Hall–Kier alpha value is -2.54. The van der Waals surface area contributed by atoms with Crippen LogP contribution in [-0.4, -0.2) is 33.6 Å². The molecular weight excluding hydrogens is 346 g/mol. The Bertz CT molecular complexity index is 955. The highest BCUT2D eigenvalue weighted by atomic mass is 32.1. The first-order valence-corrected chi connectivity index (χ1v) is 9.50. The summed E-state index contributed by atoms with van der Waals surface area (Å²) in [5.41, 5.74) is 5.93.